The van der Waals surface area contributed by atoms with E-state index in [0.29, 0.717) is 17.3 Å². The minimum atomic E-state index is -0.0580. The zero-order valence-corrected chi connectivity index (χ0v) is 8.32. The summed E-state index contributed by atoms with van der Waals surface area (Å²) in [7, 11) is 0. The van der Waals surface area contributed by atoms with Crippen molar-refractivity contribution in [3.63, 3.8) is 0 Å². The molecule has 0 fully saturated rings. The Bertz CT molecular complexity index is 399. The Morgan fingerprint density at radius 1 is 1.50 bits per heavy atom. The van der Waals surface area contributed by atoms with Crippen LogP contribution in [0.1, 0.15) is 13.3 Å². The summed E-state index contributed by atoms with van der Waals surface area (Å²) in [4.78, 5) is 15.4. The molecule has 0 atom stereocenters. The molecule has 1 amide bonds. The van der Waals surface area contributed by atoms with Gasteiger partial charge in [0.05, 0.1) is 11.4 Å². The molecule has 0 saturated carbocycles. The first-order valence-electron chi connectivity index (χ1n) is 4.15. The number of carbonyl (C=O) groups is 1. The van der Waals surface area contributed by atoms with E-state index in [9.17, 15) is 4.79 Å². The molecule has 1 aromatic heterocycles. The lowest BCUT2D eigenvalue weighted by Crippen LogP contribution is -2.20. The number of hydrazone groups is 1. The average Bonchev–Trinajstić information content (AvgIpc) is 2.47. The Morgan fingerprint density at radius 3 is 2.79 bits per heavy atom. The van der Waals surface area contributed by atoms with Gasteiger partial charge in [0.1, 0.15) is 0 Å². The van der Waals surface area contributed by atoms with Gasteiger partial charge in [0.25, 0.3) is 5.91 Å². The van der Waals surface area contributed by atoms with Gasteiger partial charge in [0.15, 0.2) is 5.82 Å². The monoisotopic (exact) mass is 209 g/mol. The third kappa shape index (κ3) is 1.61. The molecule has 72 valence electrons. The van der Waals surface area contributed by atoms with Crippen molar-refractivity contribution in [1.82, 2.24) is 4.98 Å². The van der Waals surface area contributed by atoms with Crippen molar-refractivity contribution in [1.29, 1.82) is 0 Å². The third-order valence-corrected chi connectivity index (χ3v) is 2.07. The van der Waals surface area contributed by atoms with Gasteiger partial charge in [-0.2, -0.15) is 10.1 Å². The second-order valence-corrected chi connectivity index (χ2v) is 3.49. The van der Waals surface area contributed by atoms with E-state index in [-0.39, 0.29) is 5.91 Å². The summed E-state index contributed by atoms with van der Waals surface area (Å²) < 4.78 is 0. The van der Waals surface area contributed by atoms with Crippen molar-refractivity contribution in [3.05, 3.63) is 23.4 Å². The van der Waals surface area contributed by atoms with Gasteiger partial charge in [0, 0.05) is 11.9 Å². The molecule has 0 radical (unpaired) electrons. The number of anilines is 1. The van der Waals surface area contributed by atoms with Crippen molar-refractivity contribution in [3.8, 4) is 0 Å². The maximum absolute atomic E-state index is 11.4. The van der Waals surface area contributed by atoms with Crippen LogP contribution in [0.4, 0.5) is 5.82 Å². The van der Waals surface area contributed by atoms with Crippen molar-refractivity contribution in [2.45, 2.75) is 13.3 Å². The first-order chi connectivity index (χ1) is 6.66. The first kappa shape index (κ1) is 9.15. The van der Waals surface area contributed by atoms with Crippen LogP contribution in [0.15, 0.2) is 23.4 Å². The minimum absolute atomic E-state index is 0.0580. The molecule has 0 bridgehead atoms. The molecular formula is C9H8ClN3O. The largest absolute Gasteiger partial charge is 0.272 e. The fraction of sp³-hybridized carbons (Fsp3) is 0.222. The molecule has 0 N–H and O–H groups in total. The summed E-state index contributed by atoms with van der Waals surface area (Å²) in [5.74, 6) is 0.452. The molecule has 0 spiro atoms. The maximum Gasteiger partial charge on any atom is 0.254 e. The fourth-order valence-electron chi connectivity index (χ4n) is 1.23. The average molecular weight is 210 g/mol. The molecule has 0 aliphatic carbocycles. The second-order valence-electron chi connectivity index (χ2n) is 3.05. The highest BCUT2D eigenvalue weighted by Crippen LogP contribution is 2.19. The summed E-state index contributed by atoms with van der Waals surface area (Å²) in [6, 6.07) is 3.35. The number of hydrogen-bond acceptors (Lipinski definition) is 3. The summed E-state index contributed by atoms with van der Waals surface area (Å²) in [5, 5.41) is 5.90. The molecule has 2 heterocycles. The molecule has 0 saturated heterocycles. The highest BCUT2D eigenvalue weighted by atomic mass is 35.5. The number of nitrogens with zero attached hydrogens (tertiary/aromatic N) is 3. The number of rotatable bonds is 1. The molecule has 1 aliphatic heterocycles. The first-order valence-corrected chi connectivity index (χ1v) is 4.53. The molecule has 5 heteroatoms. The van der Waals surface area contributed by atoms with E-state index in [0.717, 1.165) is 5.71 Å². The zero-order valence-electron chi connectivity index (χ0n) is 7.57. The van der Waals surface area contributed by atoms with Gasteiger partial charge in [-0.1, -0.05) is 11.6 Å². The molecule has 14 heavy (non-hydrogen) atoms. The lowest BCUT2D eigenvalue weighted by molar-refractivity contribution is -0.116. The zero-order chi connectivity index (χ0) is 10.1. The van der Waals surface area contributed by atoms with Crippen molar-refractivity contribution < 1.29 is 4.79 Å². The Kier molecular flexibility index (Phi) is 2.21. The molecule has 1 aliphatic rings. The predicted octanol–water partition coefficient (Wildman–Crippen LogP) is 1.85. The lowest BCUT2D eigenvalue weighted by Gasteiger charge is -2.09. The van der Waals surface area contributed by atoms with Crippen LogP contribution in [0.25, 0.3) is 0 Å². The van der Waals surface area contributed by atoms with E-state index in [1.165, 1.54) is 11.2 Å². The highest BCUT2D eigenvalue weighted by molar-refractivity contribution is 6.30. The van der Waals surface area contributed by atoms with Gasteiger partial charge in [0.2, 0.25) is 0 Å². The van der Waals surface area contributed by atoms with E-state index < -0.39 is 0 Å². The van der Waals surface area contributed by atoms with Gasteiger partial charge in [-0.3, -0.25) is 4.79 Å². The van der Waals surface area contributed by atoms with Gasteiger partial charge >= 0.3 is 0 Å². The fourth-order valence-corrected chi connectivity index (χ4v) is 1.34. The number of aromatic nitrogens is 1. The maximum atomic E-state index is 11.4. The van der Waals surface area contributed by atoms with E-state index in [1.54, 1.807) is 12.1 Å². The quantitative estimate of drug-likeness (QED) is 0.709. The number of amides is 1. The van der Waals surface area contributed by atoms with E-state index in [4.69, 9.17) is 11.6 Å². The van der Waals surface area contributed by atoms with Crippen LogP contribution < -0.4 is 5.01 Å². The predicted molar refractivity (Wildman–Crippen MR) is 54.5 cm³/mol. The van der Waals surface area contributed by atoms with Gasteiger partial charge in [-0.25, -0.2) is 4.98 Å². The number of carbonyl (C=O) groups excluding carboxylic acids is 1. The van der Waals surface area contributed by atoms with Crippen LogP contribution in [0.3, 0.4) is 0 Å². The third-order valence-electron chi connectivity index (χ3n) is 1.84. The summed E-state index contributed by atoms with van der Waals surface area (Å²) >= 11 is 5.68. The molecule has 0 unspecified atom stereocenters. The van der Waals surface area contributed by atoms with E-state index in [1.807, 2.05) is 6.92 Å². The molecule has 4 nitrogen and oxygen atoms in total. The summed E-state index contributed by atoms with van der Waals surface area (Å²) in [6.07, 6.45) is 1.86. The van der Waals surface area contributed by atoms with E-state index >= 15 is 0 Å². The van der Waals surface area contributed by atoms with Crippen molar-refractivity contribution in [2.24, 2.45) is 5.10 Å². The Labute approximate surface area is 86.2 Å². The van der Waals surface area contributed by atoms with Crippen LogP contribution in [0.5, 0.6) is 0 Å². The Balaban J connectivity index is 2.32. The van der Waals surface area contributed by atoms with Crippen LogP contribution in [0, 0.1) is 0 Å². The molecule has 2 rings (SSSR count). The van der Waals surface area contributed by atoms with Crippen molar-refractivity contribution in [2.75, 3.05) is 5.01 Å². The smallest absolute Gasteiger partial charge is 0.254 e. The topological polar surface area (TPSA) is 45.6 Å². The number of hydrogen-bond donors (Lipinski definition) is 0. The van der Waals surface area contributed by atoms with Crippen LogP contribution >= 0.6 is 11.6 Å². The molecule has 0 aromatic carbocycles. The second kappa shape index (κ2) is 3.38. The number of pyridine rings is 1. The minimum Gasteiger partial charge on any atom is -0.272 e. The van der Waals surface area contributed by atoms with Gasteiger partial charge in [-0.15, -0.1) is 0 Å². The standard InChI is InChI=1S/C9H8ClN3O/c1-6-4-9(14)13(12-6)8-3-2-7(10)5-11-8/h2-3,5H,4H2,1H3. The van der Waals surface area contributed by atoms with Crippen LogP contribution in [0.2, 0.25) is 5.02 Å². The van der Waals surface area contributed by atoms with Crippen molar-refractivity contribution >= 4 is 29.0 Å². The van der Waals surface area contributed by atoms with Gasteiger partial charge < -0.3 is 0 Å². The Morgan fingerprint density at radius 2 is 2.29 bits per heavy atom. The van der Waals surface area contributed by atoms with E-state index in [2.05, 4.69) is 10.1 Å². The lowest BCUT2D eigenvalue weighted by atomic mass is 10.3. The normalized spacial score (nSPS) is 16.0. The Hall–Kier alpha value is -1.42. The number of halogens is 1. The van der Waals surface area contributed by atoms with Crippen LogP contribution in [-0.2, 0) is 4.79 Å². The summed E-state index contributed by atoms with van der Waals surface area (Å²) in [5.41, 5.74) is 0.798. The highest BCUT2D eigenvalue weighted by Gasteiger charge is 2.23. The SMILES string of the molecule is CC1=NN(c2ccc(Cl)cn2)C(=O)C1. The van der Waals surface area contributed by atoms with Gasteiger partial charge in [-0.05, 0) is 19.1 Å². The molecule has 1 aromatic rings. The van der Waals surface area contributed by atoms with Crippen LogP contribution in [-0.4, -0.2) is 16.6 Å². The molecular weight excluding hydrogens is 202 g/mol. The summed E-state index contributed by atoms with van der Waals surface area (Å²) in [6.45, 7) is 1.81.